The Hall–Kier alpha value is 0.408. The monoisotopic (exact) mass is 555 g/mol. The van der Waals surface area contributed by atoms with Crippen molar-refractivity contribution in [1.29, 1.82) is 0 Å². The van der Waals surface area contributed by atoms with E-state index in [1.54, 1.807) is 0 Å². The van der Waals surface area contributed by atoms with Crippen molar-refractivity contribution in [3.63, 3.8) is 0 Å². The Morgan fingerprint density at radius 1 is 0.958 bits per heavy atom. The van der Waals surface area contributed by atoms with Crippen LogP contribution >= 0.6 is 18.8 Å². The van der Waals surface area contributed by atoms with Gasteiger partial charge in [-0.1, -0.05) is 82.7 Å². The van der Waals surface area contributed by atoms with E-state index in [1.807, 2.05) is 6.07 Å². The predicted octanol–water partition coefficient (Wildman–Crippen LogP) is 5.79. The van der Waals surface area contributed by atoms with Gasteiger partial charge in [0, 0.05) is 11.6 Å². The van der Waals surface area contributed by atoms with Crippen LogP contribution in [0.25, 0.3) is 0 Å². The van der Waals surface area contributed by atoms with Crippen LogP contribution in [0.3, 0.4) is 0 Å². The van der Waals surface area contributed by atoms with Crippen molar-refractivity contribution in [2.45, 2.75) is 83.2 Å². The number of halogens is 2. The minimum absolute atomic E-state index is 0.0496. The van der Waals surface area contributed by atoms with Gasteiger partial charge >= 0.3 is 35.3 Å². The molecule has 0 spiro atoms. The molecule has 5 heteroatoms. The fraction of sp³-hybridized carbons (Fsp3) is 0.684. The number of nitrogens with two attached hydrogens (primary N) is 2. The predicted molar refractivity (Wildman–Crippen MR) is 105 cm³/mol. The quantitative estimate of drug-likeness (QED) is 0.339. The third-order valence-corrected chi connectivity index (χ3v) is 4.53. The molecule has 144 valence electrons. The Kier molecular flexibility index (Phi) is 15.9. The second-order valence-corrected chi connectivity index (χ2v) is 9.77. The Morgan fingerprint density at radius 2 is 1.42 bits per heavy atom. The van der Waals surface area contributed by atoms with E-state index in [4.69, 9.17) is 30.3 Å². The molecule has 0 aliphatic heterocycles. The van der Waals surface area contributed by atoms with E-state index in [2.05, 4.69) is 38.1 Å². The van der Waals surface area contributed by atoms with Gasteiger partial charge < -0.3 is 11.5 Å². The molecule has 2 nitrogen and oxygen atoms in total. The van der Waals surface area contributed by atoms with Gasteiger partial charge in [0.2, 0.25) is 0 Å². The van der Waals surface area contributed by atoms with Gasteiger partial charge in [-0.3, -0.25) is 0 Å². The first-order valence-electron chi connectivity index (χ1n) is 8.94. The van der Waals surface area contributed by atoms with Crippen LogP contribution in [0, 0.1) is 0 Å². The van der Waals surface area contributed by atoms with Gasteiger partial charge in [-0.05, 0) is 24.8 Å². The van der Waals surface area contributed by atoms with Gasteiger partial charge in [0.15, 0.2) is 0 Å². The first-order valence-corrected chi connectivity index (χ1v) is 14.6. The number of hydrogen-bond donors (Lipinski definition) is 2. The first-order chi connectivity index (χ1) is 11.5. The maximum absolute atomic E-state index is 6.75. The Labute approximate surface area is 165 Å². The molecule has 0 aliphatic rings. The van der Waals surface area contributed by atoms with Crippen LogP contribution < -0.4 is 11.5 Å². The summed E-state index contributed by atoms with van der Waals surface area (Å²) in [4.78, 5) is 0. The maximum atomic E-state index is 6.75. The average Bonchev–Trinajstić information content (AvgIpc) is 2.57. The van der Waals surface area contributed by atoms with Crippen molar-refractivity contribution in [1.82, 2.24) is 0 Å². The van der Waals surface area contributed by atoms with E-state index in [-0.39, 0.29) is 11.6 Å². The molecule has 0 amide bonds. The van der Waals surface area contributed by atoms with Gasteiger partial charge in [-0.25, -0.2) is 0 Å². The molecule has 4 N–H and O–H groups in total. The van der Waals surface area contributed by atoms with Gasteiger partial charge in [0.1, 0.15) is 0 Å². The van der Waals surface area contributed by atoms with E-state index in [0.717, 1.165) is 19.3 Å². The molecule has 1 rings (SSSR count). The number of benzene rings is 1. The second-order valence-electron chi connectivity index (χ2n) is 6.49. The summed E-state index contributed by atoms with van der Waals surface area (Å²) < 4.78 is 0. The summed E-state index contributed by atoms with van der Waals surface area (Å²) in [6, 6.07) is 10.6. The summed E-state index contributed by atoms with van der Waals surface area (Å²) in [6.45, 7) is 4.47. The van der Waals surface area contributed by atoms with Gasteiger partial charge in [0.05, 0.1) is 0 Å². The molecule has 0 aromatic heterocycles. The van der Waals surface area contributed by atoms with Crippen LogP contribution in [0.5, 0.6) is 0 Å². The van der Waals surface area contributed by atoms with Crippen LogP contribution in [0.4, 0.5) is 0 Å². The summed E-state index contributed by atoms with van der Waals surface area (Å²) in [5.41, 5.74) is 14.4. The van der Waals surface area contributed by atoms with Crippen LogP contribution in [0.1, 0.15) is 70.8 Å². The molecular formula is C19H34Cl2N2Pt. The SMILES string of the molecule is CCCCCC(N)(CCCCC)C(N)Cc1ccccc1.[Cl][Pt][Cl]. The zero-order valence-corrected chi connectivity index (χ0v) is 18.8. The normalized spacial score (nSPS) is 12.6. The van der Waals surface area contributed by atoms with Crippen LogP contribution in [-0.2, 0) is 22.9 Å². The molecule has 0 radical (unpaired) electrons. The van der Waals surface area contributed by atoms with Crippen LogP contribution in [0.2, 0.25) is 0 Å². The Morgan fingerprint density at radius 3 is 1.83 bits per heavy atom. The average molecular weight is 556 g/mol. The van der Waals surface area contributed by atoms with E-state index >= 15 is 0 Å². The fourth-order valence-electron chi connectivity index (χ4n) is 2.98. The van der Waals surface area contributed by atoms with E-state index in [0.29, 0.717) is 0 Å². The molecule has 1 unspecified atom stereocenters. The molecule has 24 heavy (non-hydrogen) atoms. The summed E-state index contributed by atoms with van der Waals surface area (Å²) in [7, 11) is 9.75. The van der Waals surface area contributed by atoms with E-state index in [9.17, 15) is 0 Å². The third kappa shape index (κ3) is 11.1. The zero-order valence-electron chi connectivity index (χ0n) is 15.1. The third-order valence-electron chi connectivity index (χ3n) is 4.53. The summed E-state index contributed by atoms with van der Waals surface area (Å²) in [5, 5.41) is 0. The molecule has 0 heterocycles. The van der Waals surface area contributed by atoms with Crippen LogP contribution in [0.15, 0.2) is 30.3 Å². The van der Waals surface area contributed by atoms with Crippen molar-refractivity contribution >= 4 is 18.8 Å². The summed E-state index contributed by atoms with van der Waals surface area (Å²) >= 11 is -0.472. The van der Waals surface area contributed by atoms with Crippen molar-refractivity contribution in [3.05, 3.63) is 35.9 Å². The Bertz CT molecular complexity index is 380. The molecule has 1 aromatic rings. The molecule has 1 aromatic carbocycles. The molecule has 0 aliphatic carbocycles. The van der Waals surface area contributed by atoms with E-state index < -0.39 is 16.5 Å². The Balaban J connectivity index is 0.00000163. The zero-order chi connectivity index (χ0) is 18.3. The van der Waals surface area contributed by atoms with Crippen molar-refractivity contribution < 1.29 is 16.5 Å². The van der Waals surface area contributed by atoms with Gasteiger partial charge in [-0.15, -0.1) is 0 Å². The molecule has 0 fully saturated rings. The summed E-state index contributed by atoms with van der Waals surface area (Å²) in [6.07, 6.45) is 10.4. The van der Waals surface area contributed by atoms with Crippen LogP contribution in [-0.4, -0.2) is 11.6 Å². The first kappa shape index (κ1) is 24.4. The van der Waals surface area contributed by atoms with E-state index in [1.165, 1.54) is 44.1 Å². The van der Waals surface area contributed by atoms with Crippen molar-refractivity contribution in [2.75, 3.05) is 0 Å². The van der Waals surface area contributed by atoms with Gasteiger partial charge in [-0.2, -0.15) is 0 Å². The molecular weight excluding hydrogens is 522 g/mol. The topological polar surface area (TPSA) is 52.0 Å². The second kappa shape index (κ2) is 15.6. The summed E-state index contributed by atoms with van der Waals surface area (Å²) in [5.74, 6) is 0. The number of hydrogen-bond acceptors (Lipinski definition) is 2. The fourth-order valence-corrected chi connectivity index (χ4v) is 2.98. The molecule has 0 saturated carbocycles. The van der Waals surface area contributed by atoms with Gasteiger partial charge in [0.25, 0.3) is 0 Å². The standard InChI is InChI=1S/C19H34N2.2ClH.Pt/c1-3-5-10-14-19(21,15-11-6-4-2)18(20)16-17-12-8-7-9-13-17;;;/h7-9,12-13,18H,3-6,10-11,14-16,20-21H2,1-2H3;2*1H;/q;;;+2/p-2. The number of rotatable bonds is 11. The molecule has 0 bridgehead atoms. The minimum atomic E-state index is -0.472. The van der Waals surface area contributed by atoms with Crippen molar-refractivity contribution in [3.8, 4) is 0 Å². The molecule has 1 atom stereocenters. The number of unbranched alkanes of at least 4 members (excludes halogenated alkanes) is 4. The van der Waals surface area contributed by atoms with Crippen molar-refractivity contribution in [2.24, 2.45) is 11.5 Å². The molecule has 0 saturated heterocycles.